The first kappa shape index (κ1) is 28.6. The number of hydrogen-bond acceptors (Lipinski definition) is 5. The predicted molar refractivity (Wildman–Crippen MR) is 156 cm³/mol. The zero-order chi connectivity index (χ0) is 28.6. The summed E-state index contributed by atoms with van der Waals surface area (Å²) in [4.78, 5) is 32.2. The highest BCUT2D eigenvalue weighted by atomic mass is 19.1. The Balaban J connectivity index is 1.52. The van der Waals surface area contributed by atoms with Gasteiger partial charge in [-0.1, -0.05) is 30.7 Å². The molecule has 2 heterocycles. The number of ether oxygens (including phenoxy) is 1. The molecule has 2 aromatic carbocycles. The molecule has 3 aliphatic rings. The standard InChI is InChI=1S/C33H44FN3O3/c1-21-8-6-10-27(34)29(21)31(38)37-28-11-7-9-23(28)20-26(32(39)40-33(2,3)4)30(37)22-12-14-24(15-13-22)35-25-16-18-36(5)19-17-25/h6,8,10,12-15,23,25-26,28,30,35H,7,9,11,16-20H2,1-5H3. The second kappa shape index (κ2) is 11.5. The Labute approximate surface area is 238 Å². The Morgan fingerprint density at radius 3 is 2.35 bits per heavy atom. The van der Waals surface area contributed by atoms with Gasteiger partial charge in [0, 0.05) is 17.8 Å². The number of benzene rings is 2. The number of esters is 1. The Hall–Kier alpha value is -2.93. The quantitative estimate of drug-likeness (QED) is 0.440. The van der Waals surface area contributed by atoms with Crippen molar-refractivity contribution in [1.82, 2.24) is 9.80 Å². The lowest BCUT2D eigenvalue weighted by atomic mass is 9.76. The van der Waals surface area contributed by atoms with E-state index < -0.39 is 23.4 Å². The van der Waals surface area contributed by atoms with E-state index in [4.69, 9.17) is 4.74 Å². The molecule has 5 rings (SSSR count). The first-order valence-electron chi connectivity index (χ1n) is 14.9. The van der Waals surface area contributed by atoms with Crippen LogP contribution >= 0.6 is 0 Å². The normalized spacial score (nSPS) is 25.9. The molecule has 2 aliphatic heterocycles. The van der Waals surface area contributed by atoms with Crippen molar-refractivity contribution in [2.45, 2.75) is 89.9 Å². The zero-order valence-corrected chi connectivity index (χ0v) is 24.6. The van der Waals surface area contributed by atoms with Crippen LogP contribution in [0.1, 0.15) is 86.8 Å². The molecule has 2 aromatic rings. The fourth-order valence-electron chi connectivity index (χ4n) is 6.98. The van der Waals surface area contributed by atoms with Crippen molar-refractivity contribution in [1.29, 1.82) is 0 Å². The van der Waals surface area contributed by atoms with Crippen LogP contribution in [0.5, 0.6) is 0 Å². The van der Waals surface area contributed by atoms with Crippen molar-refractivity contribution in [2.24, 2.45) is 11.8 Å². The van der Waals surface area contributed by atoms with Gasteiger partial charge >= 0.3 is 5.97 Å². The van der Waals surface area contributed by atoms with Crippen LogP contribution in [0.4, 0.5) is 10.1 Å². The third-order valence-corrected chi connectivity index (χ3v) is 8.94. The highest BCUT2D eigenvalue weighted by Gasteiger charge is 2.51. The third kappa shape index (κ3) is 6.04. The Morgan fingerprint density at radius 1 is 1.00 bits per heavy atom. The molecule has 0 radical (unpaired) electrons. The second-order valence-electron chi connectivity index (χ2n) is 13.1. The van der Waals surface area contributed by atoms with Gasteiger partial charge in [0.15, 0.2) is 0 Å². The van der Waals surface area contributed by atoms with Crippen LogP contribution in [0.3, 0.4) is 0 Å². The lowest BCUT2D eigenvalue weighted by Gasteiger charge is -2.48. The summed E-state index contributed by atoms with van der Waals surface area (Å²) in [6.07, 6.45) is 5.65. The molecule has 7 heteroatoms. The van der Waals surface area contributed by atoms with Gasteiger partial charge in [0.2, 0.25) is 0 Å². The smallest absolute Gasteiger partial charge is 0.311 e. The summed E-state index contributed by atoms with van der Waals surface area (Å²) < 4.78 is 21.1. The number of likely N-dealkylation sites (tertiary alicyclic amines) is 2. The molecule has 4 atom stereocenters. The number of amides is 1. The topological polar surface area (TPSA) is 61.9 Å². The number of hydrogen-bond donors (Lipinski definition) is 1. The maximum Gasteiger partial charge on any atom is 0.311 e. The van der Waals surface area contributed by atoms with Crippen molar-refractivity contribution in [3.8, 4) is 0 Å². The van der Waals surface area contributed by atoms with Crippen molar-refractivity contribution in [3.05, 3.63) is 65.0 Å². The van der Waals surface area contributed by atoms with Gasteiger partial charge in [0.25, 0.3) is 5.91 Å². The van der Waals surface area contributed by atoms with Crippen LogP contribution < -0.4 is 5.32 Å². The fourth-order valence-corrected chi connectivity index (χ4v) is 6.98. The molecule has 2 saturated heterocycles. The second-order valence-corrected chi connectivity index (χ2v) is 13.1. The monoisotopic (exact) mass is 549 g/mol. The molecule has 1 aliphatic carbocycles. The van der Waals surface area contributed by atoms with E-state index in [1.165, 1.54) is 6.07 Å². The largest absolute Gasteiger partial charge is 0.460 e. The highest BCUT2D eigenvalue weighted by Crippen LogP contribution is 2.49. The molecule has 0 aromatic heterocycles. The Morgan fingerprint density at radius 2 is 1.70 bits per heavy atom. The van der Waals surface area contributed by atoms with E-state index >= 15 is 4.39 Å². The van der Waals surface area contributed by atoms with Crippen molar-refractivity contribution in [2.75, 3.05) is 25.5 Å². The van der Waals surface area contributed by atoms with E-state index in [1.807, 2.05) is 37.8 Å². The van der Waals surface area contributed by atoms with E-state index in [2.05, 4.69) is 29.4 Å². The minimum atomic E-state index is -0.646. The summed E-state index contributed by atoms with van der Waals surface area (Å²) in [5.41, 5.74) is 1.98. The highest BCUT2D eigenvalue weighted by molar-refractivity contribution is 5.97. The number of piperidine rings is 2. The molecule has 1 N–H and O–H groups in total. The van der Waals surface area contributed by atoms with E-state index in [0.717, 1.165) is 56.4 Å². The van der Waals surface area contributed by atoms with Crippen molar-refractivity contribution >= 4 is 17.6 Å². The van der Waals surface area contributed by atoms with Gasteiger partial charge in [0.05, 0.1) is 17.5 Å². The molecule has 1 saturated carbocycles. The van der Waals surface area contributed by atoms with E-state index in [-0.39, 0.29) is 29.4 Å². The maximum atomic E-state index is 15.2. The van der Waals surface area contributed by atoms with Gasteiger partial charge in [-0.05, 0) is 115 Å². The van der Waals surface area contributed by atoms with Gasteiger partial charge in [-0.15, -0.1) is 0 Å². The molecule has 3 fully saturated rings. The first-order chi connectivity index (χ1) is 19.0. The number of nitrogens with one attached hydrogen (secondary N) is 1. The summed E-state index contributed by atoms with van der Waals surface area (Å²) in [5.74, 6) is -1.48. The molecule has 40 heavy (non-hydrogen) atoms. The van der Waals surface area contributed by atoms with Gasteiger partial charge in [-0.25, -0.2) is 4.39 Å². The molecular weight excluding hydrogens is 505 g/mol. The van der Waals surface area contributed by atoms with Crippen molar-refractivity contribution in [3.63, 3.8) is 0 Å². The van der Waals surface area contributed by atoms with Crippen LogP contribution in [0.25, 0.3) is 0 Å². The third-order valence-electron chi connectivity index (χ3n) is 8.94. The Bertz CT molecular complexity index is 1200. The summed E-state index contributed by atoms with van der Waals surface area (Å²) in [5, 5.41) is 3.66. The van der Waals surface area contributed by atoms with Gasteiger partial charge in [0.1, 0.15) is 11.4 Å². The fraction of sp³-hybridized carbons (Fsp3) is 0.576. The van der Waals surface area contributed by atoms with Crippen LogP contribution in [-0.4, -0.2) is 59.5 Å². The van der Waals surface area contributed by atoms with Crippen molar-refractivity contribution < 1.29 is 18.7 Å². The average Bonchev–Trinajstić information content (AvgIpc) is 3.37. The average molecular weight is 550 g/mol. The van der Waals surface area contributed by atoms with Crippen LogP contribution in [0.2, 0.25) is 0 Å². The minimum absolute atomic E-state index is 0.0350. The van der Waals surface area contributed by atoms with Crippen LogP contribution in [0, 0.1) is 24.6 Å². The number of carbonyl (C=O) groups is 2. The number of fused-ring (bicyclic) bond motifs is 1. The lowest BCUT2D eigenvalue weighted by molar-refractivity contribution is -0.165. The number of rotatable bonds is 5. The number of anilines is 1. The lowest BCUT2D eigenvalue weighted by Crippen LogP contribution is -2.54. The number of halogens is 1. The molecule has 0 bridgehead atoms. The van der Waals surface area contributed by atoms with Gasteiger partial charge < -0.3 is 19.9 Å². The molecule has 0 spiro atoms. The molecule has 6 nitrogen and oxygen atoms in total. The van der Waals surface area contributed by atoms with Crippen LogP contribution in [0.15, 0.2) is 42.5 Å². The summed E-state index contributed by atoms with van der Waals surface area (Å²) in [7, 11) is 2.15. The number of carbonyl (C=O) groups excluding carboxylic acids is 2. The minimum Gasteiger partial charge on any atom is -0.460 e. The number of aryl methyl sites for hydroxylation is 1. The first-order valence-corrected chi connectivity index (χ1v) is 14.9. The molecule has 1 amide bonds. The maximum absolute atomic E-state index is 15.2. The van der Waals surface area contributed by atoms with E-state index in [9.17, 15) is 9.59 Å². The Kier molecular flexibility index (Phi) is 8.23. The van der Waals surface area contributed by atoms with Gasteiger partial charge in [-0.2, -0.15) is 0 Å². The number of nitrogens with zero attached hydrogens (tertiary/aromatic N) is 2. The van der Waals surface area contributed by atoms with E-state index in [0.29, 0.717) is 18.0 Å². The summed E-state index contributed by atoms with van der Waals surface area (Å²) >= 11 is 0. The molecule has 4 unspecified atom stereocenters. The summed E-state index contributed by atoms with van der Waals surface area (Å²) in [6, 6.07) is 12.8. The predicted octanol–water partition coefficient (Wildman–Crippen LogP) is 6.35. The summed E-state index contributed by atoms with van der Waals surface area (Å²) in [6.45, 7) is 9.54. The van der Waals surface area contributed by atoms with E-state index in [1.54, 1.807) is 19.1 Å². The van der Waals surface area contributed by atoms with Crippen LogP contribution in [-0.2, 0) is 9.53 Å². The molecule has 216 valence electrons. The zero-order valence-electron chi connectivity index (χ0n) is 24.6. The van der Waals surface area contributed by atoms with Gasteiger partial charge in [-0.3, -0.25) is 9.59 Å². The molecular formula is C33H44FN3O3. The SMILES string of the molecule is Cc1cccc(F)c1C(=O)N1C2CCCC2CC(C(=O)OC(C)(C)C)C1c1ccc(NC2CCN(C)CC2)cc1.